The molecule has 0 radical (unpaired) electrons. The van der Waals surface area contributed by atoms with Crippen molar-refractivity contribution in [1.82, 2.24) is 4.90 Å². The Kier molecular flexibility index (Phi) is 6.40. The molecular formula is C16H22ClNO2S. The molecule has 0 bridgehead atoms. The second kappa shape index (κ2) is 8.06. The van der Waals surface area contributed by atoms with E-state index in [9.17, 15) is 9.90 Å². The summed E-state index contributed by atoms with van der Waals surface area (Å²) < 4.78 is 0. The highest BCUT2D eigenvalue weighted by Gasteiger charge is 2.29. The molecule has 1 aliphatic rings. The summed E-state index contributed by atoms with van der Waals surface area (Å²) in [4.78, 5) is 14.2. The van der Waals surface area contributed by atoms with Crippen LogP contribution in [0.2, 0.25) is 5.02 Å². The molecule has 0 saturated carbocycles. The van der Waals surface area contributed by atoms with Gasteiger partial charge < -0.3 is 10.0 Å². The predicted octanol–water partition coefficient (Wildman–Crippen LogP) is 3.34. The van der Waals surface area contributed by atoms with E-state index in [1.807, 2.05) is 29.2 Å². The van der Waals surface area contributed by atoms with Crippen LogP contribution in [0.15, 0.2) is 24.3 Å². The fourth-order valence-corrected chi connectivity index (χ4v) is 3.84. The van der Waals surface area contributed by atoms with E-state index in [1.165, 1.54) is 0 Å². The van der Waals surface area contributed by atoms with Crippen LogP contribution in [0.4, 0.5) is 0 Å². The molecule has 2 atom stereocenters. The molecule has 1 heterocycles. The number of nitrogens with zero attached hydrogens (tertiary/aromatic N) is 1. The van der Waals surface area contributed by atoms with Gasteiger partial charge in [-0.15, -0.1) is 11.8 Å². The lowest BCUT2D eigenvalue weighted by Crippen LogP contribution is -2.38. The number of halogens is 1. The molecule has 1 fully saturated rings. The molecule has 5 heteroatoms. The van der Waals surface area contributed by atoms with E-state index < -0.39 is 0 Å². The summed E-state index contributed by atoms with van der Waals surface area (Å²) in [5.74, 6) is 1.47. The number of thioether (sulfide) groups is 1. The Balaban J connectivity index is 1.78. The van der Waals surface area contributed by atoms with Gasteiger partial charge in [-0.05, 0) is 43.9 Å². The van der Waals surface area contributed by atoms with Crippen molar-refractivity contribution in [1.29, 1.82) is 0 Å². The molecule has 2 rings (SSSR count). The highest BCUT2D eigenvalue weighted by molar-refractivity contribution is 7.99. The molecule has 116 valence electrons. The van der Waals surface area contributed by atoms with E-state index in [-0.39, 0.29) is 18.1 Å². The van der Waals surface area contributed by atoms with Gasteiger partial charge in [-0.25, -0.2) is 0 Å². The highest BCUT2D eigenvalue weighted by Crippen LogP contribution is 2.23. The zero-order valence-electron chi connectivity index (χ0n) is 12.3. The maximum Gasteiger partial charge on any atom is 0.232 e. The standard InChI is InChI=1S/C16H22ClNO2S/c1-12(19)8-15-6-3-7-18(15)16(20)11-21-10-13-4-2-5-14(17)9-13/h2,4-5,9,12,15,19H,3,6-8,10-11H2,1H3. The number of hydrogen-bond donors (Lipinski definition) is 1. The molecule has 0 aliphatic carbocycles. The van der Waals surface area contributed by atoms with Gasteiger partial charge in [-0.3, -0.25) is 4.79 Å². The van der Waals surface area contributed by atoms with Gasteiger partial charge in [-0.2, -0.15) is 0 Å². The summed E-state index contributed by atoms with van der Waals surface area (Å²) in [6.07, 6.45) is 2.39. The summed E-state index contributed by atoms with van der Waals surface area (Å²) in [5.41, 5.74) is 1.14. The SMILES string of the molecule is CC(O)CC1CCCN1C(=O)CSCc1cccc(Cl)c1. The quantitative estimate of drug-likeness (QED) is 0.871. The Labute approximate surface area is 135 Å². The van der Waals surface area contributed by atoms with E-state index in [2.05, 4.69) is 0 Å². The van der Waals surface area contributed by atoms with E-state index in [1.54, 1.807) is 18.7 Å². The zero-order valence-corrected chi connectivity index (χ0v) is 13.9. The summed E-state index contributed by atoms with van der Waals surface area (Å²) in [7, 11) is 0. The molecule has 21 heavy (non-hydrogen) atoms. The summed E-state index contributed by atoms with van der Waals surface area (Å²) >= 11 is 7.57. The lowest BCUT2D eigenvalue weighted by molar-refractivity contribution is -0.129. The molecule has 2 unspecified atom stereocenters. The number of rotatable bonds is 6. The van der Waals surface area contributed by atoms with Crippen molar-refractivity contribution in [2.24, 2.45) is 0 Å². The summed E-state index contributed by atoms with van der Waals surface area (Å²) in [6, 6.07) is 7.95. The predicted molar refractivity (Wildman–Crippen MR) is 88.6 cm³/mol. The number of amides is 1. The molecular weight excluding hydrogens is 306 g/mol. The molecule has 0 aromatic heterocycles. The van der Waals surface area contributed by atoms with Crippen LogP contribution in [0.1, 0.15) is 31.7 Å². The van der Waals surface area contributed by atoms with Crippen molar-refractivity contribution in [2.75, 3.05) is 12.3 Å². The normalized spacial score (nSPS) is 19.8. The second-order valence-electron chi connectivity index (χ2n) is 5.59. The van der Waals surface area contributed by atoms with Crippen molar-refractivity contribution in [3.8, 4) is 0 Å². The molecule has 0 spiro atoms. The Hall–Kier alpha value is -0.710. The van der Waals surface area contributed by atoms with Gasteiger partial charge in [-0.1, -0.05) is 23.7 Å². The van der Waals surface area contributed by atoms with Gasteiger partial charge in [0.05, 0.1) is 11.9 Å². The molecule has 1 saturated heterocycles. The lowest BCUT2D eigenvalue weighted by atomic mass is 10.1. The monoisotopic (exact) mass is 327 g/mol. The third-order valence-electron chi connectivity index (χ3n) is 3.69. The van der Waals surface area contributed by atoms with Crippen LogP contribution in [-0.2, 0) is 10.5 Å². The molecule has 1 aromatic carbocycles. The Morgan fingerprint density at radius 1 is 1.57 bits per heavy atom. The van der Waals surface area contributed by atoms with Crippen LogP contribution in [0.25, 0.3) is 0 Å². The van der Waals surface area contributed by atoms with E-state index >= 15 is 0 Å². The molecule has 1 aliphatic heterocycles. The maximum atomic E-state index is 12.3. The number of aliphatic hydroxyl groups excluding tert-OH is 1. The first-order chi connectivity index (χ1) is 10.1. The fourth-order valence-electron chi connectivity index (χ4n) is 2.77. The highest BCUT2D eigenvalue weighted by atomic mass is 35.5. The van der Waals surface area contributed by atoms with Gasteiger partial charge in [0.2, 0.25) is 5.91 Å². The fraction of sp³-hybridized carbons (Fsp3) is 0.562. The number of benzene rings is 1. The first-order valence-corrected chi connectivity index (χ1v) is 8.89. The topological polar surface area (TPSA) is 40.5 Å². The van der Waals surface area contributed by atoms with Crippen molar-refractivity contribution in [2.45, 2.75) is 44.1 Å². The van der Waals surface area contributed by atoms with Crippen LogP contribution in [0.3, 0.4) is 0 Å². The Bertz CT molecular complexity index is 481. The minimum absolute atomic E-state index is 0.185. The number of carbonyl (C=O) groups is 1. The minimum atomic E-state index is -0.345. The third-order valence-corrected chi connectivity index (χ3v) is 4.92. The molecule has 1 amide bonds. The molecule has 1 N–H and O–H groups in total. The van der Waals surface area contributed by atoms with Crippen LogP contribution >= 0.6 is 23.4 Å². The van der Waals surface area contributed by atoms with E-state index in [0.29, 0.717) is 12.2 Å². The molecule has 1 aromatic rings. The van der Waals surface area contributed by atoms with Crippen molar-refractivity contribution in [3.05, 3.63) is 34.9 Å². The first-order valence-electron chi connectivity index (χ1n) is 7.36. The smallest absolute Gasteiger partial charge is 0.232 e. The Morgan fingerprint density at radius 2 is 2.38 bits per heavy atom. The van der Waals surface area contributed by atoms with Gasteiger partial charge in [0, 0.05) is 23.4 Å². The number of aliphatic hydroxyl groups is 1. The maximum absolute atomic E-state index is 12.3. The largest absolute Gasteiger partial charge is 0.393 e. The van der Waals surface area contributed by atoms with Gasteiger partial charge in [0.1, 0.15) is 0 Å². The second-order valence-corrected chi connectivity index (χ2v) is 7.01. The third kappa shape index (κ3) is 5.20. The summed E-state index contributed by atoms with van der Waals surface area (Å²) in [5, 5.41) is 10.2. The molecule has 3 nitrogen and oxygen atoms in total. The average molecular weight is 328 g/mol. The van der Waals surface area contributed by atoms with Crippen LogP contribution in [0, 0.1) is 0 Å². The van der Waals surface area contributed by atoms with Gasteiger partial charge in [0.15, 0.2) is 0 Å². The van der Waals surface area contributed by atoms with Crippen molar-refractivity contribution in [3.63, 3.8) is 0 Å². The lowest BCUT2D eigenvalue weighted by Gasteiger charge is -2.25. The van der Waals surface area contributed by atoms with E-state index in [4.69, 9.17) is 11.6 Å². The van der Waals surface area contributed by atoms with Crippen molar-refractivity contribution >= 4 is 29.3 Å². The van der Waals surface area contributed by atoms with Crippen LogP contribution in [0.5, 0.6) is 0 Å². The van der Waals surface area contributed by atoms with Crippen molar-refractivity contribution < 1.29 is 9.90 Å². The number of carbonyl (C=O) groups excluding carboxylic acids is 1. The number of likely N-dealkylation sites (tertiary alicyclic amines) is 1. The average Bonchev–Trinajstić information content (AvgIpc) is 2.86. The number of hydrogen-bond acceptors (Lipinski definition) is 3. The van der Waals surface area contributed by atoms with Gasteiger partial charge in [0.25, 0.3) is 0 Å². The summed E-state index contributed by atoms with van der Waals surface area (Å²) in [6.45, 7) is 2.61. The zero-order chi connectivity index (χ0) is 15.2. The van der Waals surface area contributed by atoms with Crippen LogP contribution < -0.4 is 0 Å². The first kappa shape index (κ1) is 16.7. The van der Waals surface area contributed by atoms with Crippen LogP contribution in [-0.4, -0.2) is 40.4 Å². The Morgan fingerprint density at radius 3 is 3.10 bits per heavy atom. The van der Waals surface area contributed by atoms with Gasteiger partial charge >= 0.3 is 0 Å². The van der Waals surface area contributed by atoms with E-state index in [0.717, 1.165) is 35.7 Å². The minimum Gasteiger partial charge on any atom is -0.393 e.